The Kier molecular flexibility index (Phi) is 10.9. The molecule has 0 saturated heterocycles. The Hall–Kier alpha value is -2.34. The topological polar surface area (TPSA) is 59.1 Å². The van der Waals surface area contributed by atoms with E-state index < -0.39 is 0 Å². The summed E-state index contributed by atoms with van der Waals surface area (Å²) in [4.78, 5) is 27.8. The number of likely N-dealkylation sites (N-methyl/N-ethyl adjacent to an activating group) is 1. The molecule has 0 aliphatic rings. The average Bonchev–Trinajstić information content (AvgIpc) is 2.65. The highest BCUT2D eigenvalue weighted by molar-refractivity contribution is 5.92. The van der Waals surface area contributed by atoms with Gasteiger partial charge in [0, 0.05) is 25.7 Å². The van der Waals surface area contributed by atoms with Crippen molar-refractivity contribution in [3.8, 4) is 5.75 Å². The van der Waals surface area contributed by atoms with Gasteiger partial charge < -0.3 is 19.3 Å². The molecule has 0 spiro atoms. The maximum Gasteiger partial charge on any atom is 0.307 e. The number of hydrogen-bond donors (Lipinski definition) is 0. The van der Waals surface area contributed by atoms with Crippen LogP contribution >= 0.6 is 0 Å². The molecule has 0 bridgehead atoms. The van der Waals surface area contributed by atoms with Crippen molar-refractivity contribution in [1.29, 1.82) is 0 Å². The summed E-state index contributed by atoms with van der Waals surface area (Å²) in [6.45, 7) is 6.50. The predicted octanol–water partition coefficient (Wildman–Crippen LogP) is 2.83. The highest BCUT2D eigenvalue weighted by atomic mass is 16.5. The number of nitrogens with zero attached hydrogens (tertiary/aromatic N) is 2. The molecule has 1 rings (SSSR count). The van der Waals surface area contributed by atoms with Crippen molar-refractivity contribution in [2.75, 3.05) is 46.9 Å². The van der Waals surface area contributed by atoms with E-state index in [4.69, 9.17) is 9.47 Å². The van der Waals surface area contributed by atoms with Gasteiger partial charge in [0.25, 0.3) is 0 Å². The van der Waals surface area contributed by atoms with Gasteiger partial charge in [0.05, 0.1) is 19.6 Å². The molecule has 0 radical (unpaired) electrons. The molecule has 1 aromatic rings. The van der Waals surface area contributed by atoms with Crippen LogP contribution in [0.2, 0.25) is 0 Å². The van der Waals surface area contributed by atoms with Gasteiger partial charge in [-0.05, 0) is 51.2 Å². The molecule has 1 aromatic carbocycles. The zero-order valence-corrected chi connectivity index (χ0v) is 16.9. The molecule has 0 unspecified atom stereocenters. The Balaban J connectivity index is 2.66. The van der Waals surface area contributed by atoms with E-state index in [-0.39, 0.29) is 18.3 Å². The van der Waals surface area contributed by atoms with Crippen molar-refractivity contribution in [1.82, 2.24) is 9.80 Å². The number of rotatable bonds is 12. The van der Waals surface area contributed by atoms with Gasteiger partial charge in [0.15, 0.2) is 0 Å². The SMILES string of the molecule is CCCOc1ccc(/C=C/C(=O)N(CCC(=O)OCC)CCN(C)C)cc1. The third-order valence-electron chi connectivity index (χ3n) is 3.79. The summed E-state index contributed by atoms with van der Waals surface area (Å²) >= 11 is 0. The second kappa shape index (κ2) is 12.9. The highest BCUT2D eigenvalue weighted by Gasteiger charge is 2.13. The van der Waals surface area contributed by atoms with Gasteiger partial charge >= 0.3 is 5.97 Å². The molecule has 0 aliphatic heterocycles. The van der Waals surface area contributed by atoms with Crippen LogP contribution in [0.5, 0.6) is 5.75 Å². The molecule has 27 heavy (non-hydrogen) atoms. The lowest BCUT2D eigenvalue weighted by molar-refractivity contribution is -0.143. The van der Waals surface area contributed by atoms with Crippen LogP contribution in [0, 0.1) is 0 Å². The molecule has 0 aromatic heterocycles. The zero-order chi connectivity index (χ0) is 20.1. The van der Waals surface area contributed by atoms with E-state index in [1.165, 1.54) is 0 Å². The van der Waals surface area contributed by atoms with Gasteiger partial charge in [-0.1, -0.05) is 19.1 Å². The van der Waals surface area contributed by atoms with Crippen LogP contribution in [0.1, 0.15) is 32.3 Å². The first kappa shape index (κ1) is 22.7. The molecular weight excluding hydrogens is 344 g/mol. The van der Waals surface area contributed by atoms with Crippen molar-refractivity contribution >= 4 is 18.0 Å². The van der Waals surface area contributed by atoms with Crippen LogP contribution < -0.4 is 4.74 Å². The monoisotopic (exact) mass is 376 g/mol. The van der Waals surface area contributed by atoms with Crippen molar-refractivity contribution in [3.05, 3.63) is 35.9 Å². The minimum absolute atomic E-state index is 0.118. The standard InChI is InChI=1S/C21H32N2O4/c1-5-17-27-19-10-7-18(8-11-19)9-12-20(24)23(16-15-22(3)4)14-13-21(25)26-6-2/h7-12H,5-6,13-17H2,1-4H3/b12-9+. The number of benzene rings is 1. The molecule has 1 amide bonds. The summed E-state index contributed by atoms with van der Waals surface area (Å²) in [6.07, 6.45) is 4.48. The maximum atomic E-state index is 12.6. The summed E-state index contributed by atoms with van der Waals surface area (Å²) < 4.78 is 10.5. The molecule has 0 saturated carbocycles. The van der Waals surface area contributed by atoms with Crippen LogP contribution in [0.3, 0.4) is 0 Å². The molecule has 0 atom stereocenters. The van der Waals surface area contributed by atoms with Crippen LogP contribution in [-0.4, -0.2) is 68.6 Å². The van der Waals surface area contributed by atoms with E-state index in [0.29, 0.717) is 26.3 Å². The summed E-state index contributed by atoms with van der Waals surface area (Å²) in [5, 5.41) is 0. The second-order valence-corrected chi connectivity index (χ2v) is 6.43. The quantitative estimate of drug-likeness (QED) is 0.415. The molecule has 6 nitrogen and oxygen atoms in total. The van der Waals surface area contributed by atoms with Gasteiger partial charge in [-0.2, -0.15) is 0 Å². The number of ether oxygens (including phenoxy) is 2. The summed E-state index contributed by atoms with van der Waals surface area (Å²) in [6, 6.07) is 7.61. The van der Waals surface area contributed by atoms with Crippen LogP contribution in [0.15, 0.2) is 30.3 Å². The van der Waals surface area contributed by atoms with E-state index in [2.05, 4.69) is 6.92 Å². The molecule has 6 heteroatoms. The predicted molar refractivity (Wildman–Crippen MR) is 108 cm³/mol. The Bertz CT molecular complexity index is 597. The lowest BCUT2D eigenvalue weighted by Gasteiger charge is -2.22. The number of hydrogen-bond acceptors (Lipinski definition) is 5. The fraction of sp³-hybridized carbons (Fsp3) is 0.524. The Morgan fingerprint density at radius 3 is 2.33 bits per heavy atom. The summed E-state index contributed by atoms with van der Waals surface area (Å²) in [7, 11) is 3.90. The van der Waals surface area contributed by atoms with Crippen LogP contribution in [0.25, 0.3) is 6.08 Å². The minimum Gasteiger partial charge on any atom is -0.494 e. The third kappa shape index (κ3) is 9.80. The van der Waals surface area contributed by atoms with Crippen molar-refractivity contribution in [2.24, 2.45) is 0 Å². The minimum atomic E-state index is -0.285. The smallest absolute Gasteiger partial charge is 0.307 e. The van der Waals surface area contributed by atoms with Crippen molar-refractivity contribution < 1.29 is 19.1 Å². The molecule has 150 valence electrons. The fourth-order valence-corrected chi connectivity index (χ4v) is 2.28. The molecule has 0 heterocycles. The van der Waals surface area contributed by atoms with Gasteiger partial charge in [-0.25, -0.2) is 0 Å². The largest absolute Gasteiger partial charge is 0.494 e. The van der Waals surface area contributed by atoms with Crippen LogP contribution in [-0.2, 0) is 14.3 Å². The third-order valence-corrected chi connectivity index (χ3v) is 3.79. The molecule has 0 fully saturated rings. The second-order valence-electron chi connectivity index (χ2n) is 6.43. The zero-order valence-electron chi connectivity index (χ0n) is 16.9. The van der Waals surface area contributed by atoms with E-state index in [1.807, 2.05) is 43.3 Å². The fourth-order valence-electron chi connectivity index (χ4n) is 2.28. The molecular formula is C21H32N2O4. The first-order valence-corrected chi connectivity index (χ1v) is 9.46. The van der Waals surface area contributed by atoms with Crippen LogP contribution in [0.4, 0.5) is 0 Å². The van der Waals surface area contributed by atoms with Crippen molar-refractivity contribution in [2.45, 2.75) is 26.7 Å². The van der Waals surface area contributed by atoms with E-state index in [0.717, 1.165) is 24.3 Å². The lowest BCUT2D eigenvalue weighted by Crippen LogP contribution is -2.37. The van der Waals surface area contributed by atoms with E-state index in [1.54, 1.807) is 24.0 Å². The number of carbonyl (C=O) groups excluding carboxylic acids is 2. The lowest BCUT2D eigenvalue weighted by atomic mass is 10.2. The normalized spacial score (nSPS) is 11.0. The molecule has 0 aliphatic carbocycles. The first-order valence-electron chi connectivity index (χ1n) is 9.46. The number of amides is 1. The van der Waals surface area contributed by atoms with Gasteiger partial charge in [-0.3, -0.25) is 9.59 Å². The Morgan fingerprint density at radius 1 is 1.04 bits per heavy atom. The summed E-state index contributed by atoms with van der Waals surface area (Å²) in [5.74, 6) is 0.418. The first-order chi connectivity index (χ1) is 13.0. The number of carbonyl (C=O) groups is 2. The molecule has 0 N–H and O–H groups in total. The van der Waals surface area contributed by atoms with Gasteiger partial charge in [0.2, 0.25) is 5.91 Å². The van der Waals surface area contributed by atoms with E-state index in [9.17, 15) is 9.59 Å². The van der Waals surface area contributed by atoms with E-state index >= 15 is 0 Å². The summed E-state index contributed by atoms with van der Waals surface area (Å²) in [5.41, 5.74) is 0.921. The number of esters is 1. The highest BCUT2D eigenvalue weighted by Crippen LogP contribution is 2.13. The average molecular weight is 376 g/mol. The Labute approximate surface area is 162 Å². The Morgan fingerprint density at radius 2 is 1.74 bits per heavy atom. The maximum absolute atomic E-state index is 12.6. The van der Waals surface area contributed by atoms with Gasteiger partial charge in [-0.15, -0.1) is 0 Å². The van der Waals surface area contributed by atoms with Gasteiger partial charge in [0.1, 0.15) is 5.75 Å². The van der Waals surface area contributed by atoms with Crippen molar-refractivity contribution in [3.63, 3.8) is 0 Å².